The Bertz CT molecular complexity index is 786. The molecule has 136 valence electrons. The van der Waals surface area contributed by atoms with Gasteiger partial charge in [-0.3, -0.25) is 15.5 Å². The van der Waals surface area contributed by atoms with Gasteiger partial charge in [0.25, 0.3) is 5.69 Å². The molecule has 0 saturated carbocycles. The van der Waals surface area contributed by atoms with Crippen molar-refractivity contribution in [3.05, 3.63) is 58.1 Å². The Morgan fingerprint density at radius 3 is 2.62 bits per heavy atom. The molecule has 0 bridgehead atoms. The minimum absolute atomic E-state index is 0.0416. The van der Waals surface area contributed by atoms with E-state index in [2.05, 4.69) is 15.4 Å². The first-order valence-corrected chi connectivity index (χ1v) is 8.21. The number of nitrogens with zero attached hydrogens (tertiary/aromatic N) is 3. The van der Waals surface area contributed by atoms with Gasteiger partial charge in [-0.05, 0) is 24.3 Å². The number of ether oxygens (including phenoxy) is 2. The van der Waals surface area contributed by atoms with Crippen LogP contribution in [0.2, 0.25) is 0 Å². The predicted octanol–water partition coefficient (Wildman–Crippen LogP) is 2.89. The number of methoxy groups -OCH3 is 1. The number of benzene rings is 2. The lowest BCUT2D eigenvalue weighted by Gasteiger charge is -2.29. The summed E-state index contributed by atoms with van der Waals surface area (Å²) in [6.07, 6.45) is 1.66. The lowest BCUT2D eigenvalue weighted by molar-refractivity contribution is -0.384. The van der Waals surface area contributed by atoms with Crippen LogP contribution in [-0.4, -0.2) is 44.6 Å². The summed E-state index contributed by atoms with van der Waals surface area (Å²) in [6.45, 7) is 3.17. The Balaban J connectivity index is 1.68. The fourth-order valence-corrected chi connectivity index (χ4v) is 2.66. The average molecular weight is 356 g/mol. The van der Waals surface area contributed by atoms with Crippen LogP contribution in [0, 0.1) is 10.1 Å². The summed E-state index contributed by atoms with van der Waals surface area (Å²) < 4.78 is 10.8. The number of nitro benzene ring substituents is 1. The van der Waals surface area contributed by atoms with Gasteiger partial charge in [0.2, 0.25) is 0 Å². The van der Waals surface area contributed by atoms with Crippen LogP contribution in [0.5, 0.6) is 5.75 Å². The second-order valence-corrected chi connectivity index (χ2v) is 5.70. The molecule has 0 radical (unpaired) electrons. The predicted molar refractivity (Wildman–Crippen MR) is 100 cm³/mol. The van der Waals surface area contributed by atoms with Gasteiger partial charge in [0.1, 0.15) is 5.75 Å². The van der Waals surface area contributed by atoms with Crippen molar-refractivity contribution in [1.82, 2.24) is 0 Å². The number of hydrogen-bond acceptors (Lipinski definition) is 7. The molecule has 0 atom stereocenters. The molecule has 0 amide bonds. The highest BCUT2D eigenvalue weighted by Gasteiger charge is 2.13. The molecule has 8 nitrogen and oxygen atoms in total. The molecule has 1 fully saturated rings. The van der Waals surface area contributed by atoms with Crippen molar-refractivity contribution in [2.45, 2.75) is 0 Å². The fourth-order valence-electron chi connectivity index (χ4n) is 2.66. The highest BCUT2D eigenvalue weighted by molar-refractivity contribution is 5.85. The van der Waals surface area contributed by atoms with Crippen molar-refractivity contribution >= 4 is 23.3 Å². The Labute approximate surface area is 151 Å². The maximum atomic E-state index is 10.7. The summed E-state index contributed by atoms with van der Waals surface area (Å²) in [4.78, 5) is 12.5. The largest absolute Gasteiger partial charge is 0.496 e. The first-order valence-electron chi connectivity index (χ1n) is 8.21. The molecule has 2 aromatic rings. The zero-order valence-corrected chi connectivity index (χ0v) is 14.4. The van der Waals surface area contributed by atoms with Crippen LogP contribution in [0.3, 0.4) is 0 Å². The normalized spacial score (nSPS) is 14.4. The molecule has 26 heavy (non-hydrogen) atoms. The Hall–Kier alpha value is -3.13. The summed E-state index contributed by atoms with van der Waals surface area (Å²) in [5, 5.41) is 14.8. The molecule has 1 N–H and O–H groups in total. The van der Waals surface area contributed by atoms with E-state index in [1.165, 1.54) is 12.1 Å². The maximum absolute atomic E-state index is 10.7. The number of nitrogens with one attached hydrogen (secondary N) is 1. The van der Waals surface area contributed by atoms with Crippen LogP contribution in [0.25, 0.3) is 0 Å². The molecule has 0 spiro atoms. The minimum Gasteiger partial charge on any atom is -0.496 e. The molecule has 0 aliphatic carbocycles. The number of nitro groups is 1. The summed E-state index contributed by atoms with van der Waals surface area (Å²) in [5.74, 6) is 0.725. The van der Waals surface area contributed by atoms with Crippen molar-refractivity contribution < 1.29 is 14.4 Å². The van der Waals surface area contributed by atoms with E-state index in [1.807, 2.05) is 18.2 Å². The SMILES string of the molecule is COc1cc(N2CCOCC2)ccc1/C=N\Nc1ccc([N+](=O)[O-])cc1. The smallest absolute Gasteiger partial charge is 0.269 e. The highest BCUT2D eigenvalue weighted by Crippen LogP contribution is 2.25. The molecular weight excluding hydrogens is 336 g/mol. The molecule has 0 aromatic heterocycles. The van der Waals surface area contributed by atoms with Gasteiger partial charge >= 0.3 is 0 Å². The first kappa shape index (κ1) is 17.7. The molecule has 1 aliphatic heterocycles. The maximum Gasteiger partial charge on any atom is 0.269 e. The van der Waals surface area contributed by atoms with Crippen molar-refractivity contribution in [3.8, 4) is 5.75 Å². The molecule has 2 aromatic carbocycles. The van der Waals surface area contributed by atoms with Crippen molar-refractivity contribution in [2.24, 2.45) is 5.10 Å². The molecule has 0 unspecified atom stereocenters. The van der Waals surface area contributed by atoms with Crippen LogP contribution in [0.4, 0.5) is 17.1 Å². The topological polar surface area (TPSA) is 89.2 Å². The van der Waals surface area contributed by atoms with E-state index in [1.54, 1.807) is 25.5 Å². The summed E-state index contributed by atoms with van der Waals surface area (Å²) in [5.41, 5.74) is 5.48. The van der Waals surface area contributed by atoms with E-state index in [0.717, 1.165) is 43.3 Å². The highest BCUT2D eigenvalue weighted by atomic mass is 16.6. The standard InChI is InChI=1S/C18H20N4O4/c1-25-18-12-17(21-8-10-26-11-9-21)5-2-14(18)13-19-20-15-3-6-16(7-4-15)22(23)24/h2-7,12-13,20H,8-11H2,1H3/b19-13-. The van der Waals surface area contributed by atoms with Gasteiger partial charge in [0, 0.05) is 42.5 Å². The first-order chi connectivity index (χ1) is 12.7. The summed E-state index contributed by atoms with van der Waals surface area (Å²) in [6, 6.07) is 12.0. The van der Waals surface area contributed by atoms with Crippen LogP contribution < -0.4 is 15.1 Å². The molecule has 3 rings (SSSR count). The lowest BCUT2D eigenvalue weighted by atomic mass is 10.1. The van der Waals surface area contributed by atoms with E-state index in [4.69, 9.17) is 9.47 Å². The third kappa shape index (κ3) is 4.28. The van der Waals surface area contributed by atoms with E-state index < -0.39 is 4.92 Å². The number of non-ortho nitro benzene ring substituents is 1. The van der Waals surface area contributed by atoms with E-state index in [9.17, 15) is 10.1 Å². The van der Waals surface area contributed by atoms with Gasteiger partial charge in [-0.2, -0.15) is 5.10 Å². The van der Waals surface area contributed by atoms with Crippen molar-refractivity contribution in [2.75, 3.05) is 43.7 Å². The quantitative estimate of drug-likeness (QED) is 0.486. The Morgan fingerprint density at radius 2 is 1.96 bits per heavy atom. The summed E-state index contributed by atoms with van der Waals surface area (Å²) in [7, 11) is 1.62. The van der Waals surface area contributed by atoms with E-state index >= 15 is 0 Å². The van der Waals surface area contributed by atoms with E-state index in [0.29, 0.717) is 5.69 Å². The van der Waals surface area contributed by atoms with Crippen LogP contribution in [-0.2, 0) is 4.74 Å². The molecule has 1 aliphatic rings. The average Bonchev–Trinajstić information content (AvgIpc) is 2.69. The van der Waals surface area contributed by atoms with Gasteiger partial charge in [0.05, 0.1) is 37.1 Å². The van der Waals surface area contributed by atoms with Gasteiger partial charge < -0.3 is 14.4 Å². The Morgan fingerprint density at radius 1 is 1.23 bits per heavy atom. The summed E-state index contributed by atoms with van der Waals surface area (Å²) >= 11 is 0. The van der Waals surface area contributed by atoms with Gasteiger partial charge in [0.15, 0.2) is 0 Å². The van der Waals surface area contributed by atoms with Crippen LogP contribution in [0.15, 0.2) is 47.6 Å². The fraction of sp³-hybridized carbons (Fsp3) is 0.278. The number of anilines is 2. The molecule has 1 heterocycles. The lowest BCUT2D eigenvalue weighted by Crippen LogP contribution is -2.36. The monoisotopic (exact) mass is 356 g/mol. The zero-order valence-electron chi connectivity index (χ0n) is 14.4. The third-order valence-electron chi connectivity index (χ3n) is 4.07. The number of morpholine rings is 1. The zero-order chi connectivity index (χ0) is 18.4. The van der Waals surface area contributed by atoms with E-state index in [-0.39, 0.29) is 5.69 Å². The van der Waals surface area contributed by atoms with Crippen molar-refractivity contribution in [3.63, 3.8) is 0 Å². The second-order valence-electron chi connectivity index (χ2n) is 5.70. The number of hydrazone groups is 1. The third-order valence-corrected chi connectivity index (χ3v) is 4.07. The number of rotatable bonds is 6. The van der Waals surface area contributed by atoms with Crippen LogP contribution in [0.1, 0.15) is 5.56 Å². The molecule has 8 heteroatoms. The molecular formula is C18H20N4O4. The second kappa shape index (κ2) is 8.30. The van der Waals surface area contributed by atoms with Crippen molar-refractivity contribution in [1.29, 1.82) is 0 Å². The number of hydrogen-bond donors (Lipinski definition) is 1. The van der Waals surface area contributed by atoms with Gasteiger partial charge in [-0.15, -0.1) is 0 Å². The minimum atomic E-state index is -0.437. The van der Waals surface area contributed by atoms with Gasteiger partial charge in [-0.1, -0.05) is 0 Å². The van der Waals surface area contributed by atoms with Crippen LogP contribution >= 0.6 is 0 Å². The molecule has 1 saturated heterocycles. The Kier molecular flexibility index (Phi) is 5.65. The van der Waals surface area contributed by atoms with Gasteiger partial charge in [-0.25, -0.2) is 0 Å².